The molecule has 1 aliphatic rings. The van der Waals surface area contributed by atoms with Crippen molar-refractivity contribution in [3.8, 4) is 5.75 Å². The topological polar surface area (TPSA) is 32.7 Å². The van der Waals surface area contributed by atoms with E-state index < -0.39 is 0 Å². The zero-order valence-electron chi connectivity index (χ0n) is 14.2. The minimum atomic E-state index is -0.161. The van der Waals surface area contributed by atoms with Gasteiger partial charge in [0.2, 0.25) is 0 Å². The molecule has 1 unspecified atom stereocenters. The third kappa shape index (κ3) is 5.36. The van der Waals surface area contributed by atoms with Crippen molar-refractivity contribution in [1.29, 1.82) is 0 Å². The third-order valence-corrected chi connectivity index (χ3v) is 4.53. The molecule has 1 atom stereocenters. The van der Waals surface area contributed by atoms with E-state index >= 15 is 0 Å². The molecule has 1 heterocycles. The number of β-amino-alcohol motifs (C(OH)–C–C–N with tert-alkyl or cyclic N) is 1. The fraction of sp³-hybridized carbons (Fsp3) is 0.429. The van der Waals surface area contributed by atoms with Crippen LogP contribution in [0.4, 0.5) is 0 Å². The summed E-state index contributed by atoms with van der Waals surface area (Å²) in [6, 6.07) is 18.9. The Morgan fingerprint density at radius 1 is 1.00 bits per heavy atom. The van der Waals surface area contributed by atoms with Crippen molar-refractivity contribution in [3.63, 3.8) is 0 Å². The quantitative estimate of drug-likeness (QED) is 0.789. The van der Waals surface area contributed by atoms with Gasteiger partial charge in [-0.05, 0) is 55.5 Å². The molecule has 24 heavy (non-hydrogen) atoms. The Balaban J connectivity index is 1.39. The van der Waals surface area contributed by atoms with Crippen LogP contribution in [0, 0.1) is 0 Å². The number of hydrogen-bond acceptors (Lipinski definition) is 3. The fourth-order valence-electron chi connectivity index (χ4n) is 3.24. The number of aliphatic hydroxyl groups is 1. The second-order valence-corrected chi connectivity index (χ2v) is 6.61. The van der Waals surface area contributed by atoms with Gasteiger partial charge in [0, 0.05) is 13.1 Å². The number of aliphatic hydroxyl groups excluding tert-OH is 1. The van der Waals surface area contributed by atoms with Crippen molar-refractivity contribution < 1.29 is 9.84 Å². The van der Waals surface area contributed by atoms with Crippen LogP contribution >= 0.6 is 0 Å². The summed E-state index contributed by atoms with van der Waals surface area (Å²) in [4.78, 5) is 2.32. The first kappa shape index (κ1) is 17.0. The minimum absolute atomic E-state index is 0.161. The highest BCUT2D eigenvalue weighted by atomic mass is 16.5. The predicted octanol–water partition coefficient (Wildman–Crippen LogP) is 3.65. The molecule has 0 radical (unpaired) electrons. The summed E-state index contributed by atoms with van der Waals surface area (Å²) in [5.41, 5.74) is 2.64. The summed E-state index contributed by atoms with van der Waals surface area (Å²) in [7, 11) is 0. The lowest BCUT2D eigenvalue weighted by Gasteiger charge is -2.29. The Morgan fingerprint density at radius 3 is 2.54 bits per heavy atom. The molecule has 0 saturated carbocycles. The summed E-state index contributed by atoms with van der Waals surface area (Å²) in [5, 5.41) is 9.74. The fourth-order valence-corrected chi connectivity index (χ4v) is 3.24. The standard InChI is InChI=1S/C21H27NO2/c23-20-9-4-14-22(17-20)16-19-10-12-21(13-11-19)24-15-5-8-18-6-2-1-3-7-18/h1-3,6-7,10-13,20,23H,4-5,8-9,14-17H2. The number of hydrogen-bond donors (Lipinski definition) is 1. The Kier molecular flexibility index (Phi) is 6.27. The Bertz CT molecular complexity index is 597. The Labute approximate surface area is 144 Å². The van der Waals surface area contributed by atoms with E-state index in [0.29, 0.717) is 0 Å². The SMILES string of the molecule is OC1CCCN(Cc2ccc(OCCCc3ccccc3)cc2)C1. The van der Waals surface area contributed by atoms with E-state index in [1.165, 1.54) is 11.1 Å². The maximum Gasteiger partial charge on any atom is 0.119 e. The van der Waals surface area contributed by atoms with Crippen LogP contribution in [-0.2, 0) is 13.0 Å². The number of aryl methyl sites for hydroxylation is 1. The average molecular weight is 325 g/mol. The summed E-state index contributed by atoms with van der Waals surface area (Å²) >= 11 is 0. The highest BCUT2D eigenvalue weighted by Crippen LogP contribution is 2.17. The molecule has 0 aromatic heterocycles. The number of likely N-dealkylation sites (tertiary alicyclic amines) is 1. The molecule has 1 N–H and O–H groups in total. The van der Waals surface area contributed by atoms with Crippen LogP contribution in [0.15, 0.2) is 54.6 Å². The molecule has 128 valence electrons. The van der Waals surface area contributed by atoms with Crippen molar-refractivity contribution in [3.05, 3.63) is 65.7 Å². The zero-order chi connectivity index (χ0) is 16.6. The first-order valence-corrected chi connectivity index (χ1v) is 8.96. The van der Waals surface area contributed by atoms with E-state index in [-0.39, 0.29) is 6.10 Å². The van der Waals surface area contributed by atoms with Crippen molar-refractivity contribution in [1.82, 2.24) is 4.90 Å². The first-order chi connectivity index (χ1) is 11.8. The van der Waals surface area contributed by atoms with E-state index in [1.807, 2.05) is 6.07 Å². The van der Waals surface area contributed by atoms with Crippen LogP contribution in [0.25, 0.3) is 0 Å². The molecule has 0 bridgehead atoms. The minimum Gasteiger partial charge on any atom is -0.494 e. The summed E-state index contributed by atoms with van der Waals surface area (Å²) in [6.07, 6.45) is 3.94. The van der Waals surface area contributed by atoms with E-state index in [0.717, 1.165) is 57.7 Å². The van der Waals surface area contributed by atoms with Gasteiger partial charge in [0.15, 0.2) is 0 Å². The highest BCUT2D eigenvalue weighted by molar-refractivity contribution is 5.27. The maximum atomic E-state index is 9.74. The summed E-state index contributed by atoms with van der Waals surface area (Å²) in [6.45, 7) is 3.52. The zero-order valence-corrected chi connectivity index (χ0v) is 14.2. The van der Waals surface area contributed by atoms with Crippen LogP contribution in [0.5, 0.6) is 5.75 Å². The second-order valence-electron chi connectivity index (χ2n) is 6.61. The normalized spacial score (nSPS) is 18.5. The van der Waals surface area contributed by atoms with Crippen LogP contribution in [-0.4, -0.2) is 35.8 Å². The van der Waals surface area contributed by atoms with Gasteiger partial charge in [-0.15, -0.1) is 0 Å². The van der Waals surface area contributed by atoms with Gasteiger partial charge in [-0.2, -0.15) is 0 Å². The highest BCUT2D eigenvalue weighted by Gasteiger charge is 2.17. The number of benzene rings is 2. The van der Waals surface area contributed by atoms with Crippen LogP contribution in [0.1, 0.15) is 30.4 Å². The molecule has 2 aromatic carbocycles. The number of nitrogens with zero attached hydrogens (tertiary/aromatic N) is 1. The molecule has 1 fully saturated rings. The monoisotopic (exact) mass is 325 g/mol. The van der Waals surface area contributed by atoms with Gasteiger partial charge in [0.1, 0.15) is 5.75 Å². The van der Waals surface area contributed by atoms with Crippen molar-refractivity contribution in [2.75, 3.05) is 19.7 Å². The predicted molar refractivity (Wildman–Crippen MR) is 97.2 cm³/mol. The van der Waals surface area contributed by atoms with Crippen molar-refractivity contribution >= 4 is 0 Å². The van der Waals surface area contributed by atoms with E-state index in [4.69, 9.17) is 4.74 Å². The molecule has 0 aliphatic carbocycles. The molecular formula is C21H27NO2. The summed E-state index contributed by atoms with van der Waals surface area (Å²) < 4.78 is 5.84. The number of rotatable bonds is 7. The lowest BCUT2D eigenvalue weighted by Crippen LogP contribution is -2.37. The summed E-state index contributed by atoms with van der Waals surface area (Å²) in [5.74, 6) is 0.936. The average Bonchev–Trinajstić information content (AvgIpc) is 2.61. The Hall–Kier alpha value is -1.84. The van der Waals surface area contributed by atoms with E-state index in [2.05, 4.69) is 53.4 Å². The molecule has 2 aromatic rings. The van der Waals surface area contributed by atoms with Crippen molar-refractivity contribution in [2.24, 2.45) is 0 Å². The molecule has 0 amide bonds. The second kappa shape index (κ2) is 8.86. The van der Waals surface area contributed by atoms with Crippen LogP contribution < -0.4 is 4.74 Å². The molecule has 3 nitrogen and oxygen atoms in total. The lowest BCUT2D eigenvalue weighted by molar-refractivity contribution is 0.0668. The van der Waals surface area contributed by atoms with Gasteiger partial charge in [-0.25, -0.2) is 0 Å². The van der Waals surface area contributed by atoms with Gasteiger partial charge in [0.25, 0.3) is 0 Å². The van der Waals surface area contributed by atoms with Gasteiger partial charge >= 0.3 is 0 Å². The van der Waals surface area contributed by atoms with Gasteiger partial charge < -0.3 is 9.84 Å². The van der Waals surface area contributed by atoms with Crippen LogP contribution in [0.2, 0.25) is 0 Å². The molecular weight excluding hydrogens is 298 g/mol. The third-order valence-electron chi connectivity index (χ3n) is 4.53. The van der Waals surface area contributed by atoms with E-state index in [9.17, 15) is 5.11 Å². The first-order valence-electron chi connectivity index (χ1n) is 8.96. The number of piperidine rings is 1. The van der Waals surface area contributed by atoms with Crippen LogP contribution in [0.3, 0.4) is 0 Å². The largest absolute Gasteiger partial charge is 0.494 e. The molecule has 1 aliphatic heterocycles. The van der Waals surface area contributed by atoms with E-state index in [1.54, 1.807) is 0 Å². The smallest absolute Gasteiger partial charge is 0.119 e. The van der Waals surface area contributed by atoms with Gasteiger partial charge in [0.05, 0.1) is 12.7 Å². The molecule has 3 rings (SSSR count). The lowest BCUT2D eigenvalue weighted by atomic mass is 10.1. The molecule has 3 heteroatoms. The molecule has 0 spiro atoms. The van der Waals surface area contributed by atoms with Crippen molar-refractivity contribution in [2.45, 2.75) is 38.3 Å². The number of ether oxygens (including phenoxy) is 1. The maximum absolute atomic E-state index is 9.74. The molecule has 1 saturated heterocycles. The van der Waals surface area contributed by atoms with Gasteiger partial charge in [-0.1, -0.05) is 42.5 Å². The van der Waals surface area contributed by atoms with Gasteiger partial charge in [-0.3, -0.25) is 4.90 Å². The Morgan fingerprint density at radius 2 is 1.79 bits per heavy atom.